The molecular formula is C24H21N3O. The lowest BCUT2D eigenvalue weighted by atomic mass is 9.99. The molecule has 0 bridgehead atoms. The molecule has 138 valence electrons. The number of rotatable bonds is 3. The minimum atomic E-state index is -0.353. The largest absolute Gasteiger partial charge is 0.281 e. The quantitative estimate of drug-likeness (QED) is 0.531. The fourth-order valence-corrected chi connectivity index (χ4v) is 3.65. The zero-order valence-corrected chi connectivity index (χ0v) is 15.6. The maximum atomic E-state index is 13.3. The monoisotopic (exact) mass is 367 g/mol. The molecule has 1 saturated carbocycles. The number of hydrogen-bond acceptors (Lipinski definition) is 2. The zero-order valence-electron chi connectivity index (χ0n) is 15.6. The van der Waals surface area contributed by atoms with Gasteiger partial charge < -0.3 is 0 Å². The lowest BCUT2D eigenvalue weighted by Crippen LogP contribution is -2.21. The summed E-state index contributed by atoms with van der Waals surface area (Å²) in [5.41, 5.74) is 3.94. The van der Waals surface area contributed by atoms with Gasteiger partial charge in [-0.25, -0.2) is 9.52 Å². The minimum Gasteiger partial charge on any atom is -0.281 e. The van der Waals surface area contributed by atoms with Gasteiger partial charge in [-0.15, -0.1) is 0 Å². The van der Waals surface area contributed by atoms with E-state index in [0.717, 1.165) is 48.2 Å². The minimum absolute atomic E-state index is 0.117. The fraction of sp³-hybridized carbons (Fsp3) is 0.208. The van der Waals surface area contributed by atoms with Crippen molar-refractivity contribution in [2.24, 2.45) is 5.10 Å². The van der Waals surface area contributed by atoms with E-state index in [4.69, 9.17) is 11.7 Å². The Morgan fingerprint density at radius 2 is 1.46 bits per heavy atom. The van der Waals surface area contributed by atoms with Crippen LogP contribution in [0.25, 0.3) is 27.2 Å². The molecule has 0 N–H and O–H groups in total. The van der Waals surface area contributed by atoms with Gasteiger partial charge in [-0.05, 0) is 42.9 Å². The van der Waals surface area contributed by atoms with Gasteiger partial charge in [0.1, 0.15) is 0 Å². The lowest BCUT2D eigenvalue weighted by Gasteiger charge is -2.17. The third kappa shape index (κ3) is 3.52. The molecular weight excluding hydrogens is 346 g/mol. The van der Waals surface area contributed by atoms with Crippen molar-refractivity contribution in [2.45, 2.75) is 32.1 Å². The summed E-state index contributed by atoms with van der Waals surface area (Å²) in [5, 5.41) is 4.71. The van der Waals surface area contributed by atoms with Gasteiger partial charge in [0.05, 0.1) is 12.3 Å². The third-order valence-corrected chi connectivity index (χ3v) is 5.10. The summed E-state index contributed by atoms with van der Waals surface area (Å²) in [6, 6.07) is 21.3. The van der Waals surface area contributed by atoms with Crippen LogP contribution in [0.2, 0.25) is 0 Å². The molecule has 0 amide bonds. The van der Waals surface area contributed by atoms with Crippen LogP contribution in [-0.4, -0.2) is 10.4 Å². The van der Waals surface area contributed by atoms with E-state index < -0.39 is 0 Å². The van der Waals surface area contributed by atoms with E-state index in [1.54, 1.807) is 0 Å². The van der Waals surface area contributed by atoms with Gasteiger partial charge >= 0.3 is 0 Å². The van der Waals surface area contributed by atoms with Crippen LogP contribution in [0.4, 0.5) is 5.69 Å². The molecule has 2 aromatic carbocycles. The first-order valence-corrected chi connectivity index (χ1v) is 9.63. The second-order valence-electron chi connectivity index (χ2n) is 6.98. The molecule has 0 unspecified atom stereocenters. The van der Waals surface area contributed by atoms with Crippen molar-refractivity contribution in [3.8, 4) is 22.4 Å². The summed E-state index contributed by atoms with van der Waals surface area (Å²) < 4.78 is 1.44. The summed E-state index contributed by atoms with van der Waals surface area (Å²) in [4.78, 5) is 16.9. The Morgan fingerprint density at radius 1 is 0.857 bits per heavy atom. The number of nitrogens with zero attached hydrogens (tertiary/aromatic N) is 3. The summed E-state index contributed by atoms with van der Waals surface area (Å²) in [7, 11) is 0. The van der Waals surface area contributed by atoms with Gasteiger partial charge in [-0.1, -0.05) is 67.1 Å². The van der Waals surface area contributed by atoms with E-state index >= 15 is 0 Å². The Hall–Kier alpha value is -3.45. The van der Waals surface area contributed by atoms with Crippen LogP contribution in [0.1, 0.15) is 32.1 Å². The van der Waals surface area contributed by atoms with Crippen LogP contribution in [-0.2, 0) is 0 Å². The molecule has 0 spiro atoms. The van der Waals surface area contributed by atoms with Crippen molar-refractivity contribution in [3.63, 3.8) is 0 Å². The van der Waals surface area contributed by atoms with E-state index in [0.29, 0.717) is 5.56 Å². The normalized spacial score (nSPS) is 13.8. The average Bonchev–Trinajstić information content (AvgIpc) is 2.77. The predicted octanol–water partition coefficient (Wildman–Crippen LogP) is 5.90. The molecule has 1 heterocycles. The summed E-state index contributed by atoms with van der Waals surface area (Å²) >= 11 is 0. The summed E-state index contributed by atoms with van der Waals surface area (Å²) in [6.45, 7) is 7.63. The SMILES string of the molecule is [C-]#[N+]c1c(-c2ccccc2)cc(-c2ccccc2)n(N=C2CCCCC2)c1=O. The van der Waals surface area contributed by atoms with Gasteiger partial charge in [0.2, 0.25) is 0 Å². The van der Waals surface area contributed by atoms with Crippen LogP contribution in [0.3, 0.4) is 0 Å². The molecule has 0 atom stereocenters. The van der Waals surface area contributed by atoms with Crippen LogP contribution in [0.5, 0.6) is 0 Å². The van der Waals surface area contributed by atoms with Crippen LogP contribution in [0.15, 0.2) is 76.6 Å². The maximum absolute atomic E-state index is 13.3. The topological polar surface area (TPSA) is 38.7 Å². The van der Waals surface area contributed by atoms with Crippen LogP contribution in [0, 0.1) is 6.57 Å². The highest BCUT2D eigenvalue weighted by atomic mass is 16.1. The fourth-order valence-electron chi connectivity index (χ4n) is 3.65. The Morgan fingerprint density at radius 3 is 2.07 bits per heavy atom. The first kappa shape index (κ1) is 17.9. The molecule has 4 heteroatoms. The maximum Gasteiger partial charge on any atom is 0.278 e. The molecule has 1 aliphatic rings. The zero-order chi connectivity index (χ0) is 19.3. The molecule has 4 nitrogen and oxygen atoms in total. The van der Waals surface area contributed by atoms with E-state index in [2.05, 4.69) is 4.85 Å². The van der Waals surface area contributed by atoms with Crippen molar-refractivity contribution >= 4 is 11.4 Å². The van der Waals surface area contributed by atoms with Gasteiger partial charge in [0.15, 0.2) is 0 Å². The van der Waals surface area contributed by atoms with E-state index in [1.807, 2.05) is 66.7 Å². The van der Waals surface area contributed by atoms with Crippen molar-refractivity contribution in [3.05, 3.63) is 88.5 Å². The Kier molecular flexibility index (Phi) is 5.16. The van der Waals surface area contributed by atoms with Gasteiger partial charge in [0, 0.05) is 11.3 Å². The first-order valence-electron chi connectivity index (χ1n) is 9.63. The van der Waals surface area contributed by atoms with Crippen LogP contribution >= 0.6 is 0 Å². The third-order valence-electron chi connectivity index (χ3n) is 5.10. The molecule has 0 radical (unpaired) electrons. The van der Waals surface area contributed by atoms with Crippen molar-refractivity contribution in [2.75, 3.05) is 0 Å². The average molecular weight is 367 g/mol. The predicted molar refractivity (Wildman–Crippen MR) is 114 cm³/mol. The number of benzene rings is 2. The van der Waals surface area contributed by atoms with Crippen molar-refractivity contribution in [1.29, 1.82) is 0 Å². The standard InChI is InChI=1S/C24H21N3O/c1-25-23-21(18-11-5-2-6-12-18)17-22(19-13-7-3-8-14-19)27(24(23)28)26-20-15-9-4-10-16-20/h2-3,5-8,11-14,17H,4,9-10,15-16H2. The molecule has 4 rings (SSSR count). The highest BCUT2D eigenvalue weighted by molar-refractivity contribution is 5.86. The van der Waals surface area contributed by atoms with Gasteiger partial charge in [0.25, 0.3) is 11.2 Å². The number of hydrogen-bond donors (Lipinski definition) is 0. The lowest BCUT2D eigenvalue weighted by molar-refractivity contribution is 0.655. The number of pyridine rings is 1. The molecule has 0 saturated heterocycles. The van der Waals surface area contributed by atoms with E-state index in [-0.39, 0.29) is 11.2 Å². The van der Waals surface area contributed by atoms with Gasteiger partial charge in [-0.3, -0.25) is 4.79 Å². The second kappa shape index (κ2) is 8.06. The first-order chi connectivity index (χ1) is 13.8. The molecule has 3 aromatic rings. The van der Waals surface area contributed by atoms with Crippen molar-refractivity contribution in [1.82, 2.24) is 4.68 Å². The summed E-state index contributed by atoms with van der Waals surface area (Å²) in [6.07, 6.45) is 5.24. The molecule has 1 fully saturated rings. The second-order valence-corrected chi connectivity index (χ2v) is 6.98. The van der Waals surface area contributed by atoms with E-state index in [9.17, 15) is 4.79 Å². The van der Waals surface area contributed by atoms with Crippen molar-refractivity contribution < 1.29 is 0 Å². The van der Waals surface area contributed by atoms with Gasteiger partial charge in [-0.2, -0.15) is 5.10 Å². The summed E-state index contributed by atoms with van der Waals surface area (Å²) in [5.74, 6) is 0. The highest BCUT2D eigenvalue weighted by Gasteiger charge is 2.18. The molecule has 1 aromatic heterocycles. The Bertz CT molecular complexity index is 1100. The van der Waals surface area contributed by atoms with E-state index in [1.165, 1.54) is 11.1 Å². The Labute approximate surface area is 164 Å². The molecule has 28 heavy (non-hydrogen) atoms. The van der Waals surface area contributed by atoms with Crippen LogP contribution < -0.4 is 5.56 Å². The highest BCUT2D eigenvalue weighted by Crippen LogP contribution is 2.32. The molecule has 0 aliphatic heterocycles. The molecule has 1 aliphatic carbocycles. The smallest absolute Gasteiger partial charge is 0.278 e. The number of aromatic nitrogens is 1. The Balaban J connectivity index is 1.99.